The number of amides is 3. The number of carbonyl (C=O) groups excluding carboxylic acids is 2. The quantitative estimate of drug-likeness (QED) is 0.850. The van der Waals surface area contributed by atoms with Crippen molar-refractivity contribution in [2.45, 2.75) is 31.7 Å². The van der Waals surface area contributed by atoms with Gasteiger partial charge in [-0.05, 0) is 25.0 Å². The van der Waals surface area contributed by atoms with Gasteiger partial charge in [0.25, 0.3) is 0 Å². The van der Waals surface area contributed by atoms with Crippen molar-refractivity contribution >= 4 is 17.6 Å². The standard InChI is InChI=1S/C18H24N6O2/c1-23-13-19-22-16(23)7-8-17(25)20-15-9-11-24(12-10-15)18(26)21-14-5-3-2-4-6-14/h2-6,13,15H,7-12H2,1H3,(H,20,25)(H,21,26). The van der Waals surface area contributed by atoms with Crippen molar-refractivity contribution < 1.29 is 9.59 Å². The molecule has 1 aromatic carbocycles. The van der Waals surface area contributed by atoms with Gasteiger partial charge in [0.05, 0.1) is 0 Å². The van der Waals surface area contributed by atoms with Gasteiger partial charge < -0.3 is 20.1 Å². The van der Waals surface area contributed by atoms with Crippen molar-refractivity contribution in [3.63, 3.8) is 0 Å². The third kappa shape index (κ3) is 4.81. The maximum Gasteiger partial charge on any atom is 0.321 e. The van der Waals surface area contributed by atoms with Crippen LogP contribution in [0.4, 0.5) is 10.5 Å². The lowest BCUT2D eigenvalue weighted by Gasteiger charge is -2.32. The van der Waals surface area contributed by atoms with Crippen molar-refractivity contribution in [1.29, 1.82) is 0 Å². The number of benzene rings is 1. The highest BCUT2D eigenvalue weighted by Crippen LogP contribution is 2.13. The molecule has 0 bridgehead atoms. The van der Waals surface area contributed by atoms with Gasteiger partial charge in [-0.15, -0.1) is 10.2 Å². The van der Waals surface area contributed by atoms with E-state index in [0.717, 1.165) is 24.4 Å². The molecule has 0 spiro atoms. The second-order valence-electron chi connectivity index (χ2n) is 6.48. The Morgan fingerprint density at radius 3 is 2.58 bits per heavy atom. The number of anilines is 1. The van der Waals surface area contributed by atoms with Gasteiger partial charge >= 0.3 is 6.03 Å². The highest BCUT2D eigenvalue weighted by atomic mass is 16.2. The number of nitrogens with one attached hydrogen (secondary N) is 2. The van der Waals surface area contributed by atoms with Crippen LogP contribution in [0.1, 0.15) is 25.1 Å². The monoisotopic (exact) mass is 356 g/mol. The van der Waals surface area contributed by atoms with Gasteiger partial charge in [0.1, 0.15) is 12.2 Å². The molecule has 3 amide bonds. The number of likely N-dealkylation sites (tertiary alicyclic amines) is 1. The van der Waals surface area contributed by atoms with Crippen LogP contribution in [0, 0.1) is 0 Å². The zero-order valence-corrected chi connectivity index (χ0v) is 14.9. The Morgan fingerprint density at radius 2 is 1.92 bits per heavy atom. The Balaban J connectivity index is 1.38. The number of urea groups is 1. The summed E-state index contributed by atoms with van der Waals surface area (Å²) in [6.07, 6.45) is 4.11. The van der Waals surface area contributed by atoms with Crippen LogP contribution in [0.25, 0.3) is 0 Å². The molecule has 2 heterocycles. The molecular formula is C18H24N6O2. The Kier molecular flexibility index (Phi) is 5.83. The average molecular weight is 356 g/mol. The maximum atomic E-state index is 12.3. The number of piperidine rings is 1. The number of carbonyl (C=O) groups is 2. The van der Waals surface area contributed by atoms with Crippen molar-refractivity contribution in [2.75, 3.05) is 18.4 Å². The van der Waals surface area contributed by atoms with E-state index in [2.05, 4.69) is 20.8 Å². The molecule has 2 N–H and O–H groups in total. The second-order valence-corrected chi connectivity index (χ2v) is 6.48. The van der Waals surface area contributed by atoms with Crippen LogP contribution < -0.4 is 10.6 Å². The molecule has 1 aliphatic rings. The zero-order valence-electron chi connectivity index (χ0n) is 14.9. The molecule has 0 saturated carbocycles. The number of rotatable bonds is 5. The molecule has 8 heteroatoms. The minimum atomic E-state index is -0.0942. The minimum absolute atomic E-state index is 0.0141. The van der Waals surface area contributed by atoms with Gasteiger partial charge in [-0.1, -0.05) is 18.2 Å². The molecule has 1 aromatic heterocycles. The van der Waals surface area contributed by atoms with Gasteiger partial charge in [0.2, 0.25) is 5.91 Å². The first-order chi connectivity index (χ1) is 12.6. The highest BCUT2D eigenvalue weighted by molar-refractivity contribution is 5.89. The maximum absolute atomic E-state index is 12.3. The van der Waals surface area contributed by atoms with E-state index in [1.807, 2.05) is 41.9 Å². The van der Waals surface area contributed by atoms with Crippen LogP contribution in [-0.2, 0) is 18.3 Å². The molecule has 0 atom stereocenters. The first-order valence-corrected chi connectivity index (χ1v) is 8.85. The summed E-state index contributed by atoms with van der Waals surface area (Å²) in [7, 11) is 1.86. The molecule has 0 radical (unpaired) electrons. The lowest BCUT2D eigenvalue weighted by Crippen LogP contribution is -2.47. The molecule has 1 fully saturated rings. The van der Waals surface area contributed by atoms with Crippen molar-refractivity contribution in [3.05, 3.63) is 42.5 Å². The summed E-state index contributed by atoms with van der Waals surface area (Å²) in [5.41, 5.74) is 0.789. The van der Waals surface area contributed by atoms with Crippen molar-refractivity contribution in [3.8, 4) is 0 Å². The summed E-state index contributed by atoms with van der Waals surface area (Å²) in [5.74, 6) is 0.813. The number of hydrogen-bond acceptors (Lipinski definition) is 4. The fraction of sp³-hybridized carbons (Fsp3) is 0.444. The molecule has 3 rings (SSSR count). The molecule has 138 valence electrons. The number of aryl methyl sites for hydroxylation is 2. The molecular weight excluding hydrogens is 332 g/mol. The Labute approximate surface area is 152 Å². The van der Waals surface area contributed by atoms with Gasteiger partial charge in [-0.3, -0.25) is 4.79 Å². The van der Waals surface area contributed by atoms with Crippen LogP contribution in [0.5, 0.6) is 0 Å². The SMILES string of the molecule is Cn1cnnc1CCC(=O)NC1CCN(C(=O)Nc2ccccc2)CC1. The van der Waals surface area contributed by atoms with E-state index in [4.69, 9.17) is 0 Å². The van der Waals surface area contributed by atoms with Crippen LogP contribution in [-0.4, -0.2) is 50.7 Å². The summed E-state index contributed by atoms with van der Waals surface area (Å²) in [6.45, 7) is 1.26. The van der Waals surface area contributed by atoms with E-state index < -0.39 is 0 Å². The van der Waals surface area contributed by atoms with Crippen LogP contribution in [0.2, 0.25) is 0 Å². The fourth-order valence-electron chi connectivity index (χ4n) is 3.01. The second kappa shape index (κ2) is 8.46. The normalized spacial score (nSPS) is 14.9. The third-order valence-electron chi connectivity index (χ3n) is 4.55. The predicted octanol–water partition coefficient (Wildman–Crippen LogP) is 1.56. The highest BCUT2D eigenvalue weighted by Gasteiger charge is 2.23. The molecule has 8 nitrogen and oxygen atoms in total. The van der Waals surface area contributed by atoms with Gasteiger partial charge in [0, 0.05) is 44.7 Å². The molecule has 2 aromatic rings. The molecule has 0 aliphatic carbocycles. The van der Waals surface area contributed by atoms with E-state index in [0.29, 0.717) is 25.9 Å². The molecule has 1 aliphatic heterocycles. The lowest BCUT2D eigenvalue weighted by molar-refractivity contribution is -0.122. The van der Waals surface area contributed by atoms with Crippen molar-refractivity contribution in [2.24, 2.45) is 7.05 Å². The summed E-state index contributed by atoms with van der Waals surface area (Å²) >= 11 is 0. The Bertz CT molecular complexity index is 737. The zero-order chi connectivity index (χ0) is 18.4. The first-order valence-electron chi connectivity index (χ1n) is 8.85. The fourth-order valence-corrected chi connectivity index (χ4v) is 3.01. The van der Waals surface area contributed by atoms with E-state index >= 15 is 0 Å². The number of aromatic nitrogens is 3. The van der Waals surface area contributed by atoms with Gasteiger partial charge in [-0.2, -0.15) is 0 Å². The van der Waals surface area contributed by atoms with Crippen LogP contribution >= 0.6 is 0 Å². The predicted molar refractivity (Wildman–Crippen MR) is 97.5 cm³/mol. The topological polar surface area (TPSA) is 92.2 Å². The minimum Gasteiger partial charge on any atom is -0.353 e. The van der Waals surface area contributed by atoms with Crippen molar-refractivity contribution in [1.82, 2.24) is 25.0 Å². The Hall–Kier alpha value is -2.90. The molecule has 26 heavy (non-hydrogen) atoms. The average Bonchev–Trinajstić information content (AvgIpc) is 3.06. The number of nitrogens with zero attached hydrogens (tertiary/aromatic N) is 4. The number of hydrogen-bond donors (Lipinski definition) is 2. The van der Waals surface area contributed by atoms with Gasteiger partial charge in [-0.25, -0.2) is 4.79 Å². The van der Waals surface area contributed by atoms with E-state index in [-0.39, 0.29) is 18.0 Å². The third-order valence-corrected chi connectivity index (χ3v) is 4.55. The smallest absolute Gasteiger partial charge is 0.321 e. The summed E-state index contributed by atoms with van der Waals surface area (Å²) in [6, 6.07) is 9.43. The van der Waals surface area contributed by atoms with Crippen LogP contribution in [0.3, 0.4) is 0 Å². The lowest BCUT2D eigenvalue weighted by atomic mass is 10.0. The Morgan fingerprint density at radius 1 is 1.19 bits per heavy atom. The van der Waals surface area contributed by atoms with Crippen LogP contribution in [0.15, 0.2) is 36.7 Å². The van der Waals surface area contributed by atoms with Gasteiger partial charge in [0.15, 0.2) is 0 Å². The van der Waals surface area contributed by atoms with E-state index in [9.17, 15) is 9.59 Å². The summed E-state index contributed by atoms with van der Waals surface area (Å²) in [4.78, 5) is 26.2. The number of para-hydroxylation sites is 1. The van der Waals surface area contributed by atoms with E-state index in [1.54, 1.807) is 11.2 Å². The summed E-state index contributed by atoms with van der Waals surface area (Å²) in [5, 5.41) is 13.7. The molecule has 0 unspecified atom stereocenters. The first kappa shape index (κ1) is 17.9. The molecule has 1 saturated heterocycles. The largest absolute Gasteiger partial charge is 0.353 e. The summed E-state index contributed by atoms with van der Waals surface area (Å²) < 4.78 is 1.82. The van der Waals surface area contributed by atoms with E-state index in [1.165, 1.54) is 0 Å².